The minimum absolute atomic E-state index is 0.0406. The molecule has 0 aliphatic carbocycles. The van der Waals surface area contributed by atoms with Crippen molar-refractivity contribution in [1.82, 2.24) is 14.5 Å². The molecular weight excluding hydrogens is 304 g/mol. The van der Waals surface area contributed by atoms with Gasteiger partial charge in [-0.05, 0) is 30.3 Å². The molecule has 0 aliphatic heterocycles. The molecule has 0 atom stereocenters. The minimum atomic E-state index is -0.461. The van der Waals surface area contributed by atoms with E-state index in [0.717, 1.165) is 16.7 Å². The van der Waals surface area contributed by atoms with E-state index in [2.05, 4.69) is 9.97 Å². The van der Waals surface area contributed by atoms with E-state index >= 15 is 0 Å². The molecule has 24 heavy (non-hydrogen) atoms. The molecule has 0 saturated heterocycles. The summed E-state index contributed by atoms with van der Waals surface area (Å²) in [7, 11) is 0. The zero-order valence-corrected chi connectivity index (χ0v) is 12.5. The number of nitro groups is 1. The number of benzene rings is 2. The van der Waals surface area contributed by atoms with E-state index in [1.165, 1.54) is 12.3 Å². The highest BCUT2D eigenvalue weighted by Gasteiger charge is 2.16. The summed E-state index contributed by atoms with van der Waals surface area (Å²) in [6, 6.07) is 20.7. The van der Waals surface area contributed by atoms with Crippen LogP contribution in [-0.2, 0) is 0 Å². The zero-order valence-electron chi connectivity index (χ0n) is 12.5. The van der Waals surface area contributed by atoms with Gasteiger partial charge in [-0.2, -0.15) is 0 Å². The van der Waals surface area contributed by atoms with E-state index in [-0.39, 0.29) is 5.69 Å². The van der Waals surface area contributed by atoms with Crippen molar-refractivity contribution in [3.63, 3.8) is 0 Å². The van der Waals surface area contributed by atoms with Gasteiger partial charge in [0.15, 0.2) is 5.82 Å². The van der Waals surface area contributed by atoms with Crippen LogP contribution in [0.15, 0.2) is 72.9 Å². The van der Waals surface area contributed by atoms with Gasteiger partial charge in [0.25, 0.3) is 5.69 Å². The monoisotopic (exact) mass is 316 g/mol. The largest absolute Gasteiger partial charge is 0.291 e. The summed E-state index contributed by atoms with van der Waals surface area (Å²) in [5.74, 6) is 0.650. The third-order valence-electron chi connectivity index (χ3n) is 3.76. The number of aromatic nitrogens is 3. The highest BCUT2D eigenvalue weighted by Crippen LogP contribution is 2.28. The predicted molar refractivity (Wildman–Crippen MR) is 91.0 cm³/mol. The highest BCUT2D eigenvalue weighted by atomic mass is 16.6. The zero-order chi connectivity index (χ0) is 16.5. The molecule has 0 saturated carbocycles. The Bertz CT molecular complexity index is 1020. The predicted octanol–water partition coefficient (Wildman–Crippen LogP) is 4.00. The molecule has 4 aromatic rings. The van der Waals surface area contributed by atoms with Crippen molar-refractivity contribution in [2.75, 3.05) is 0 Å². The normalized spacial score (nSPS) is 10.8. The Kier molecular flexibility index (Phi) is 3.28. The van der Waals surface area contributed by atoms with Crippen molar-refractivity contribution in [1.29, 1.82) is 0 Å². The molecule has 0 aliphatic rings. The average molecular weight is 316 g/mol. The van der Waals surface area contributed by atoms with Crippen LogP contribution >= 0.6 is 0 Å². The van der Waals surface area contributed by atoms with Crippen LogP contribution in [0.5, 0.6) is 0 Å². The second kappa shape index (κ2) is 5.58. The summed E-state index contributed by atoms with van der Waals surface area (Å²) in [5, 5.41) is 10.8. The first-order valence-electron chi connectivity index (χ1n) is 7.38. The molecule has 0 unspecified atom stereocenters. The molecular formula is C18H12N4O2. The van der Waals surface area contributed by atoms with Gasteiger partial charge in [0.05, 0.1) is 16.0 Å². The third kappa shape index (κ3) is 2.30. The van der Waals surface area contributed by atoms with Gasteiger partial charge in [-0.15, -0.1) is 0 Å². The molecule has 0 fully saturated rings. The molecule has 0 radical (unpaired) electrons. The topological polar surface area (TPSA) is 73.8 Å². The molecule has 4 rings (SSSR count). The van der Waals surface area contributed by atoms with Crippen LogP contribution in [0.3, 0.4) is 0 Å². The van der Waals surface area contributed by atoms with Gasteiger partial charge in [0.2, 0.25) is 0 Å². The number of para-hydroxylation sites is 3. The lowest BCUT2D eigenvalue weighted by Gasteiger charge is -2.08. The van der Waals surface area contributed by atoms with Crippen molar-refractivity contribution in [2.24, 2.45) is 0 Å². The van der Waals surface area contributed by atoms with Gasteiger partial charge in [0, 0.05) is 11.8 Å². The average Bonchev–Trinajstić information content (AvgIpc) is 3.02. The van der Waals surface area contributed by atoms with E-state index in [1.54, 1.807) is 6.07 Å². The molecule has 2 aromatic heterocycles. The Balaban J connectivity index is 1.96. The van der Waals surface area contributed by atoms with E-state index in [4.69, 9.17) is 0 Å². The molecule has 0 amide bonds. The number of imidazole rings is 1. The number of pyridine rings is 1. The fourth-order valence-corrected chi connectivity index (χ4v) is 2.66. The number of nitrogens with zero attached hydrogens (tertiary/aromatic N) is 4. The molecule has 0 N–H and O–H groups in total. The van der Waals surface area contributed by atoms with E-state index in [1.807, 2.05) is 59.2 Å². The Morgan fingerprint density at radius 1 is 0.917 bits per heavy atom. The first-order valence-corrected chi connectivity index (χ1v) is 7.38. The lowest BCUT2D eigenvalue weighted by molar-refractivity contribution is -0.385. The van der Waals surface area contributed by atoms with Crippen LogP contribution in [0, 0.1) is 10.1 Å². The van der Waals surface area contributed by atoms with Crippen molar-refractivity contribution < 1.29 is 4.92 Å². The van der Waals surface area contributed by atoms with Gasteiger partial charge in [-0.1, -0.05) is 30.3 Å². The Morgan fingerprint density at radius 3 is 2.38 bits per heavy atom. The summed E-state index contributed by atoms with van der Waals surface area (Å²) in [4.78, 5) is 19.3. The standard InChI is InChI=1S/C18H12N4O2/c23-22(24)14-10-11-16(19-12-14)18-20-15-8-4-5-9-17(15)21(18)13-6-2-1-3-7-13/h1-12H. The van der Waals surface area contributed by atoms with Crippen molar-refractivity contribution in [3.05, 3.63) is 83.0 Å². The summed E-state index contributed by atoms with van der Waals surface area (Å²) in [6.07, 6.45) is 1.25. The van der Waals surface area contributed by atoms with Gasteiger partial charge in [-0.3, -0.25) is 14.7 Å². The van der Waals surface area contributed by atoms with Crippen molar-refractivity contribution >= 4 is 16.7 Å². The molecule has 0 bridgehead atoms. The first kappa shape index (κ1) is 14.1. The third-order valence-corrected chi connectivity index (χ3v) is 3.76. The van der Waals surface area contributed by atoms with Crippen LogP contribution in [0.2, 0.25) is 0 Å². The Hall–Kier alpha value is -3.54. The maximum absolute atomic E-state index is 10.8. The summed E-state index contributed by atoms with van der Waals surface area (Å²) >= 11 is 0. The van der Waals surface area contributed by atoms with Gasteiger partial charge >= 0.3 is 0 Å². The van der Waals surface area contributed by atoms with Gasteiger partial charge in [0.1, 0.15) is 11.9 Å². The Labute approximate surface area is 137 Å². The van der Waals surface area contributed by atoms with E-state index in [9.17, 15) is 10.1 Å². The molecule has 2 heterocycles. The smallest absolute Gasteiger partial charge is 0.287 e. The number of hydrogen-bond acceptors (Lipinski definition) is 4. The van der Waals surface area contributed by atoms with Gasteiger partial charge in [-0.25, -0.2) is 9.97 Å². The molecule has 2 aromatic carbocycles. The first-order chi connectivity index (χ1) is 11.7. The van der Waals surface area contributed by atoms with Crippen LogP contribution < -0.4 is 0 Å². The van der Waals surface area contributed by atoms with Crippen LogP contribution in [-0.4, -0.2) is 19.5 Å². The number of rotatable bonds is 3. The van der Waals surface area contributed by atoms with E-state index in [0.29, 0.717) is 11.5 Å². The molecule has 116 valence electrons. The summed E-state index contributed by atoms with van der Waals surface area (Å²) in [5.41, 5.74) is 3.30. The maximum Gasteiger partial charge on any atom is 0.287 e. The van der Waals surface area contributed by atoms with Gasteiger partial charge < -0.3 is 0 Å². The van der Waals surface area contributed by atoms with Crippen LogP contribution in [0.1, 0.15) is 0 Å². The summed E-state index contributed by atoms with van der Waals surface area (Å²) < 4.78 is 2.00. The highest BCUT2D eigenvalue weighted by molar-refractivity contribution is 5.82. The number of hydrogen-bond donors (Lipinski definition) is 0. The van der Waals surface area contributed by atoms with Crippen molar-refractivity contribution in [2.45, 2.75) is 0 Å². The molecule has 0 spiro atoms. The van der Waals surface area contributed by atoms with Crippen LogP contribution in [0.4, 0.5) is 5.69 Å². The Morgan fingerprint density at radius 2 is 1.67 bits per heavy atom. The van der Waals surface area contributed by atoms with Crippen LogP contribution in [0.25, 0.3) is 28.2 Å². The minimum Gasteiger partial charge on any atom is -0.291 e. The van der Waals surface area contributed by atoms with Crippen molar-refractivity contribution in [3.8, 4) is 17.2 Å². The second-order valence-electron chi connectivity index (χ2n) is 5.25. The maximum atomic E-state index is 10.8. The fourth-order valence-electron chi connectivity index (χ4n) is 2.66. The quantitative estimate of drug-likeness (QED) is 0.423. The second-order valence-corrected chi connectivity index (χ2v) is 5.25. The fraction of sp³-hybridized carbons (Fsp3) is 0. The molecule has 6 heteroatoms. The lowest BCUT2D eigenvalue weighted by Crippen LogP contribution is -1.99. The molecule has 6 nitrogen and oxygen atoms in total. The lowest BCUT2D eigenvalue weighted by atomic mass is 10.2. The van der Waals surface area contributed by atoms with E-state index < -0.39 is 4.92 Å². The number of fused-ring (bicyclic) bond motifs is 1. The summed E-state index contributed by atoms with van der Waals surface area (Å²) in [6.45, 7) is 0. The SMILES string of the molecule is O=[N+]([O-])c1ccc(-c2nc3ccccc3n2-c2ccccc2)nc1.